The Labute approximate surface area is 144 Å². The van der Waals surface area contributed by atoms with Gasteiger partial charge in [0.05, 0.1) is 18.8 Å². The molecule has 8 heteroatoms. The fourth-order valence-electron chi connectivity index (χ4n) is 3.06. The van der Waals surface area contributed by atoms with E-state index in [2.05, 4.69) is 22.2 Å². The van der Waals surface area contributed by atoms with E-state index in [1.54, 1.807) is 17.2 Å². The molecule has 1 saturated carbocycles. The summed E-state index contributed by atoms with van der Waals surface area (Å²) >= 11 is 5.89. The van der Waals surface area contributed by atoms with Gasteiger partial charge in [-0.3, -0.25) is 0 Å². The molecule has 128 valence electrons. The number of fused-ring (bicyclic) bond motifs is 1. The number of hydrogen-bond acceptors (Lipinski definition) is 5. The van der Waals surface area contributed by atoms with Crippen molar-refractivity contribution >= 4 is 28.7 Å². The van der Waals surface area contributed by atoms with E-state index in [4.69, 9.17) is 16.3 Å². The number of carbonyl (C=O) groups is 1. The lowest BCUT2D eigenvalue weighted by Crippen LogP contribution is -2.40. The summed E-state index contributed by atoms with van der Waals surface area (Å²) < 4.78 is 7.34. The summed E-state index contributed by atoms with van der Waals surface area (Å²) in [6.07, 6.45) is 5.47. The predicted molar refractivity (Wildman–Crippen MR) is 88.9 cm³/mol. The number of amides is 1. The Bertz CT molecular complexity index is 765. The molecule has 24 heavy (non-hydrogen) atoms. The summed E-state index contributed by atoms with van der Waals surface area (Å²) in [6, 6.07) is 1.92. The Morgan fingerprint density at radius 3 is 2.88 bits per heavy atom. The lowest BCUT2D eigenvalue weighted by Gasteiger charge is -2.31. The highest BCUT2D eigenvalue weighted by atomic mass is 35.5. The van der Waals surface area contributed by atoms with Crippen LogP contribution in [-0.2, 0) is 4.74 Å². The van der Waals surface area contributed by atoms with Crippen LogP contribution in [-0.4, -0.2) is 50.7 Å². The Morgan fingerprint density at radius 2 is 2.17 bits per heavy atom. The molecule has 2 aromatic rings. The fourth-order valence-corrected chi connectivity index (χ4v) is 3.21. The van der Waals surface area contributed by atoms with Crippen molar-refractivity contribution in [2.75, 3.05) is 19.7 Å². The van der Waals surface area contributed by atoms with Crippen LogP contribution in [0.1, 0.15) is 38.6 Å². The highest BCUT2D eigenvalue weighted by Gasteiger charge is 2.39. The van der Waals surface area contributed by atoms with E-state index in [1.165, 1.54) is 0 Å². The topological polar surface area (TPSA) is 73.1 Å². The van der Waals surface area contributed by atoms with Gasteiger partial charge >= 0.3 is 6.09 Å². The highest BCUT2D eigenvalue weighted by molar-refractivity contribution is 6.29. The Hall–Kier alpha value is -1.89. The molecule has 3 heterocycles. The lowest BCUT2D eigenvalue weighted by atomic mass is 10.1. The molecule has 0 aromatic carbocycles. The third kappa shape index (κ3) is 3.05. The average molecular weight is 350 g/mol. The second-order valence-electron chi connectivity index (χ2n) is 7.11. The number of carbonyl (C=O) groups excluding carboxylic acids is 1. The van der Waals surface area contributed by atoms with Gasteiger partial charge in [0, 0.05) is 24.6 Å². The first-order valence-corrected chi connectivity index (χ1v) is 8.70. The monoisotopic (exact) mass is 349 g/mol. The lowest BCUT2D eigenvalue weighted by molar-refractivity contribution is 0.0737. The molecular formula is C16H20ClN5O2. The summed E-state index contributed by atoms with van der Waals surface area (Å²) in [5.41, 5.74) is 1.85. The molecule has 0 unspecified atom stereocenters. The first-order chi connectivity index (χ1) is 11.5. The van der Waals surface area contributed by atoms with Crippen molar-refractivity contribution in [2.45, 2.75) is 38.6 Å². The summed E-state index contributed by atoms with van der Waals surface area (Å²) in [5, 5.41) is 8.81. The van der Waals surface area contributed by atoms with E-state index >= 15 is 0 Å². The third-order valence-corrected chi connectivity index (χ3v) is 5.25. The van der Waals surface area contributed by atoms with Gasteiger partial charge in [-0.15, -0.1) is 5.10 Å². The van der Waals surface area contributed by atoms with Gasteiger partial charge in [-0.2, -0.15) is 0 Å². The number of rotatable bonds is 3. The van der Waals surface area contributed by atoms with E-state index in [0.29, 0.717) is 24.8 Å². The van der Waals surface area contributed by atoms with Gasteiger partial charge in [-0.1, -0.05) is 23.7 Å². The van der Waals surface area contributed by atoms with Gasteiger partial charge in [0.15, 0.2) is 0 Å². The van der Waals surface area contributed by atoms with Crippen molar-refractivity contribution in [3.63, 3.8) is 0 Å². The molecule has 0 spiro atoms. The van der Waals surface area contributed by atoms with Crippen LogP contribution in [0, 0.1) is 5.41 Å². The molecule has 0 radical (unpaired) electrons. The predicted octanol–water partition coefficient (Wildman–Crippen LogP) is 3.05. The molecule has 1 amide bonds. The average Bonchev–Trinajstić information content (AvgIpc) is 3.18. The Balaban J connectivity index is 1.37. The molecule has 1 aliphatic carbocycles. The van der Waals surface area contributed by atoms with Crippen molar-refractivity contribution in [2.24, 2.45) is 5.41 Å². The van der Waals surface area contributed by atoms with Crippen molar-refractivity contribution in [3.05, 3.63) is 17.4 Å². The molecule has 0 atom stereocenters. The zero-order chi connectivity index (χ0) is 16.7. The van der Waals surface area contributed by atoms with E-state index in [1.807, 2.05) is 4.68 Å². The van der Waals surface area contributed by atoms with E-state index in [9.17, 15) is 4.79 Å². The van der Waals surface area contributed by atoms with E-state index in [-0.39, 0.29) is 17.6 Å². The Kier molecular flexibility index (Phi) is 3.83. The molecule has 4 rings (SSSR count). The van der Waals surface area contributed by atoms with Crippen molar-refractivity contribution in [1.82, 2.24) is 24.9 Å². The van der Waals surface area contributed by atoms with Crippen LogP contribution in [0.3, 0.4) is 0 Å². The summed E-state index contributed by atoms with van der Waals surface area (Å²) in [7, 11) is 0. The molecular weight excluding hydrogens is 330 g/mol. The second-order valence-corrected chi connectivity index (χ2v) is 7.50. The van der Waals surface area contributed by atoms with Gasteiger partial charge in [0.25, 0.3) is 0 Å². The van der Waals surface area contributed by atoms with E-state index < -0.39 is 0 Å². The van der Waals surface area contributed by atoms with Crippen LogP contribution in [0.15, 0.2) is 12.3 Å². The zero-order valence-corrected chi connectivity index (χ0v) is 14.4. The third-order valence-electron chi connectivity index (χ3n) is 5.04. The maximum atomic E-state index is 12.2. The van der Waals surface area contributed by atoms with Crippen molar-refractivity contribution < 1.29 is 9.53 Å². The number of pyridine rings is 1. The summed E-state index contributed by atoms with van der Waals surface area (Å²) in [5.74, 6) is 0. The molecule has 2 fully saturated rings. The summed E-state index contributed by atoms with van der Waals surface area (Å²) in [4.78, 5) is 18.1. The van der Waals surface area contributed by atoms with Crippen LogP contribution in [0.5, 0.6) is 0 Å². The number of ether oxygens (including phenoxy) is 1. The first kappa shape index (κ1) is 15.6. The van der Waals surface area contributed by atoms with Crippen molar-refractivity contribution in [3.8, 4) is 0 Å². The minimum absolute atomic E-state index is 0.196. The minimum Gasteiger partial charge on any atom is -0.449 e. The molecule has 1 saturated heterocycles. The smallest absolute Gasteiger partial charge is 0.409 e. The van der Waals surface area contributed by atoms with Crippen LogP contribution in [0.2, 0.25) is 5.15 Å². The van der Waals surface area contributed by atoms with Gasteiger partial charge in [-0.05, 0) is 25.7 Å². The number of halogens is 1. The standard InChI is InChI=1S/C16H20ClN5O2/c1-16(4-5-16)10-24-15(23)21-6-2-11(3-7-21)22-13-9-18-14(17)8-12(13)19-20-22/h8-9,11H,2-7,10H2,1H3. The Morgan fingerprint density at radius 1 is 1.42 bits per heavy atom. The number of hydrogen-bond donors (Lipinski definition) is 0. The molecule has 7 nitrogen and oxygen atoms in total. The maximum Gasteiger partial charge on any atom is 0.409 e. The van der Waals surface area contributed by atoms with E-state index in [0.717, 1.165) is 36.7 Å². The number of likely N-dealkylation sites (tertiary alicyclic amines) is 1. The largest absolute Gasteiger partial charge is 0.449 e. The van der Waals surface area contributed by atoms with Crippen LogP contribution < -0.4 is 0 Å². The molecule has 0 bridgehead atoms. The molecule has 1 aliphatic heterocycles. The number of piperidine rings is 1. The normalized spacial score (nSPS) is 20.3. The second kappa shape index (κ2) is 5.88. The molecule has 2 aliphatic rings. The highest BCUT2D eigenvalue weighted by Crippen LogP contribution is 2.45. The van der Waals surface area contributed by atoms with Gasteiger partial charge in [0.2, 0.25) is 0 Å². The molecule has 0 N–H and O–H groups in total. The first-order valence-electron chi connectivity index (χ1n) is 8.32. The van der Waals surface area contributed by atoms with Gasteiger partial charge in [-0.25, -0.2) is 14.5 Å². The van der Waals surface area contributed by atoms with Crippen LogP contribution in [0.25, 0.3) is 11.0 Å². The zero-order valence-electron chi connectivity index (χ0n) is 13.6. The number of aromatic nitrogens is 4. The quantitative estimate of drug-likeness (QED) is 0.796. The fraction of sp³-hybridized carbons (Fsp3) is 0.625. The number of nitrogens with zero attached hydrogens (tertiary/aromatic N) is 5. The van der Waals surface area contributed by atoms with Crippen molar-refractivity contribution in [1.29, 1.82) is 0 Å². The van der Waals surface area contributed by atoms with Gasteiger partial charge < -0.3 is 9.64 Å². The SMILES string of the molecule is CC1(COC(=O)N2CCC(n3nnc4cc(Cl)ncc43)CC2)CC1. The maximum absolute atomic E-state index is 12.2. The van der Waals surface area contributed by atoms with Crippen LogP contribution in [0.4, 0.5) is 4.79 Å². The minimum atomic E-state index is -0.196. The van der Waals surface area contributed by atoms with Crippen LogP contribution >= 0.6 is 11.6 Å². The summed E-state index contributed by atoms with van der Waals surface area (Å²) in [6.45, 7) is 4.03. The van der Waals surface area contributed by atoms with Gasteiger partial charge in [0.1, 0.15) is 16.2 Å². The molecule has 2 aromatic heterocycles.